The van der Waals surface area contributed by atoms with Gasteiger partial charge in [-0.2, -0.15) is 0 Å². The third-order valence-electron chi connectivity index (χ3n) is 4.93. The highest BCUT2D eigenvalue weighted by molar-refractivity contribution is 5.49. The van der Waals surface area contributed by atoms with E-state index < -0.39 is 0 Å². The van der Waals surface area contributed by atoms with E-state index in [0.717, 1.165) is 29.0 Å². The van der Waals surface area contributed by atoms with E-state index in [9.17, 15) is 0 Å². The van der Waals surface area contributed by atoms with Crippen molar-refractivity contribution in [2.75, 3.05) is 40.6 Å². The van der Waals surface area contributed by atoms with Crippen LogP contribution in [0.1, 0.15) is 55.7 Å². The molecular weight excluding hydrogens is 388 g/mol. The van der Waals surface area contributed by atoms with Crippen LogP contribution in [0.25, 0.3) is 0 Å². The topological polar surface area (TPSA) is 36.9 Å². The maximum atomic E-state index is 5.81. The predicted octanol–water partition coefficient (Wildman–Crippen LogP) is 5.65. The van der Waals surface area contributed by atoms with Gasteiger partial charge in [-0.3, -0.25) is 0 Å². The Kier molecular flexibility index (Phi) is 12.3. The van der Waals surface area contributed by atoms with Gasteiger partial charge in [0, 0.05) is 25.3 Å². The molecule has 31 heavy (non-hydrogen) atoms. The molecule has 0 unspecified atom stereocenters. The summed E-state index contributed by atoms with van der Waals surface area (Å²) in [5.74, 6) is 8.35. The van der Waals surface area contributed by atoms with E-state index in [2.05, 4.69) is 30.9 Å². The molecular formula is C27H36O4. The minimum absolute atomic E-state index is 0.544. The molecule has 0 radical (unpaired) electrons. The summed E-state index contributed by atoms with van der Waals surface area (Å²) in [5.41, 5.74) is 3.28. The summed E-state index contributed by atoms with van der Waals surface area (Å²) < 4.78 is 21.5. The normalized spacial score (nSPS) is 10.4. The molecule has 0 aliphatic rings. The highest BCUT2D eigenvalue weighted by Crippen LogP contribution is 2.21. The summed E-state index contributed by atoms with van der Waals surface area (Å²) in [5, 5.41) is 0. The molecule has 4 nitrogen and oxygen atoms in total. The zero-order valence-electron chi connectivity index (χ0n) is 19.2. The first kappa shape index (κ1) is 24.8. The third-order valence-corrected chi connectivity index (χ3v) is 4.93. The van der Waals surface area contributed by atoms with E-state index in [4.69, 9.17) is 18.9 Å². The number of aryl methyl sites for hydroxylation is 1. The van der Waals surface area contributed by atoms with Crippen molar-refractivity contribution < 1.29 is 18.9 Å². The highest BCUT2D eigenvalue weighted by Gasteiger charge is 2.04. The predicted molar refractivity (Wildman–Crippen MR) is 126 cm³/mol. The van der Waals surface area contributed by atoms with E-state index in [-0.39, 0.29) is 0 Å². The van der Waals surface area contributed by atoms with Gasteiger partial charge in [-0.25, -0.2) is 0 Å². The number of hydrogen-bond donors (Lipinski definition) is 0. The van der Waals surface area contributed by atoms with Gasteiger partial charge in [-0.15, -0.1) is 0 Å². The van der Waals surface area contributed by atoms with Crippen LogP contribution in [0.2, 0.25) is 0 Å². The second-order valence-electron chi connectivity index (χ2n) is 7.44. The molecule has 0 atom stereocenters. The lowest BCUT2D eigenvalue weighted by molar-refractivity contribution is 0.146. The Balaban J connectivity index is 2.07. The molecule has 0 saturated heterocycles. The molecule has 2 aromatic carbocycles. The molecule has 0 heterocycles. The summed E-state index contributed by atoms with van der Waals surface area (Å²) in [6.45, 7) is 4.50. The number of benzene rings is 2. The van der Waals surface area contributed by atoms with Crippen molar-refractivity contribution in [3.8, 4) is 23.3 Å². The van der Waals surface area contributed by atoms with Crippen LogP contribution in [0.3, 0.4) is 0 Å². The Labute approximate surface area is 187 Å². The van der Waals surface area contributed by atoms with Gasteiger partial charge in [0.15, 0.2) is 0 Å². The molecule has 0 aliphatic carbocycles. The van der Waals surface area contributed by atoms with Gasteiger partial charge >= 0.3 is 0 Å². The number of methoxy groups -OCH3 is 2. The maximum Gasteiger partial charge on any atom is 0.119 e. The maximum absolute atomic E-state index is 5.81. The zero-order valence-corrected chi connectivity index (χ0v) is 19.2. The minimum Gasteiger partial charge on any atom is -0.491 e. The van der Waals surface area contributed by atoms with Crippen molar-refractivity contribution in [3.63, 3.8) is 0 Å². The van der Waals surface area contributed by atoms with Gasteiger partial charge in [0.05, 0.1) is 13.2 Å². The standard InChI is InChI=1S/C27H36O4/c1-4-5-6-7-8-9-25-22-27(31-21-19-29-3)17-14-24(25)13-10-23-11-15-26(16-12-23)30-20-18-28-2/h11-12,14-17,22H,4-9,18-21H2,1-3H3. The SMILES string of the molecule is CCCCCCCc1cc(OCCOC)ccc1C#Cc1ccc(OCCOC)cc1. The number of ether oxygens (including phenoxy) is 4. The van der Waals surface area contributed by atoms with E-state index in [0.29, 0.717) is 26.4 Å². The van der Waals surface area contributed by atoms with Crippen molar-refractivity contribution in [1.82, 2.24) is 0 Å². The van der Waals surface area contributed by atoms with Gasteiger partial charge in [0.25, 0.3) is 0 Å². The monoisotopic (exact) mass is 424 g/mol. The molecule has 0 bridgehead atoms. The minimum atomic E-state index is 0.544. The fourth-order valence-corrected chi connectivity index (χ4v) is 3.17. The molecule has 2 aromatic rings. The summed E-state index contributed by atoms with van der Waals surface area (Å²) in [6.07, 6.45) is 7.29. The number of rotatable bonds is 14. The van der Waals surface area contributed by atoms with Gasteiger partial charge in [-0.1, -0.05) is 44.4 Å². The molecule has 0 spiro atoms. The molecule has 0 saturated carbocycles. The van der Waals surface area contributed by atoms with Crippen molar-refractivity contribution in [3.05, 3.63) is 59.2 Å². The second-order valence-corrected chi connectivity index (χ2v) is 7.44. The van der Waals surface area contributed by atoms with E-state index in [1.807, 2.05) is 30.3 Å². The Bertz CT molecular complexity index is 802. The Morgan fingerprint density at radius 2 is 1.32 bits per heavy atom. The van der Waals surface area contributed by atoms with Gasteiger partial charge in [0.2, 0.25) is 0 Å². The average molecular weight is 425 g/mol. The summed E-state index contributed by atoms with van der Waals surface area (Å²) in [4.78, 5) is 0. The summed E-state index contributed by atoms with van der Waals surface area (Å²) in [6, 6.07) is 14.1. The van der Waals surface area contributed by atoms with E-state index >= 15 is 0 Å². The van der Waals surface area contributed by atoms with E-state index in [1.54, 1.807) is 14.2 Å². The van der Waals surface area contributed by atoms with Crippen LogP contribution in [-0.2, 0) is 15.9 Å². The molecule has 0 amide bonds. The van der Waals surface area contributed by atoms with Crippen LogP contribution in [0, 0.1) is 11.8 Å². The first-order valence-corrected chi connectivity index (χ1v) is 11.2. The smallest absolute Gasteiger partial charge is 0.119 e. The Hall–Kier alpha value is -2.48. The lowest BCUT2D eigenvalue weighted by Gasteiger charge is -2.10. The molecule has 0 aliphatic heterocycles. The Morgan fingerprint density at radius 3 is 2.00 bits per heavy atom. The molecule has 2 rings (SSSR count). The van der Waals surface area contributed by atoms with Crippen LogP contribution in [0.5, 0.6) is 11.5 Å². The first-order chi connectivity index (χ1) is 15.3. The first-order valence-electron chi connectivity index (χ1n) is 11.2. The van der Waals surface area contributed by atoms with Crippen molar-refractivity contribution in [2.24, 2.45) is 0 Å². The fraction of sp³-hybridized carbons (Fsp3) is 0.481. The molecule has 168 valence electrons. The average Bonchev–Trinajstić information content (AvgIpc) is 2.79. The largest absolute Gasteiger partial charge is 0.491 e. The van der Waals surface area contributed by atoms with Crippen LogP contribution in [0.15, 0.2) is 42.5 Å². The molecule has 0 N–H and O–H groups in total. The zero-order chi connectivity index (χ0) is 22.2. The Morgan fingerprint density at radius 1 is 0.677 bits per heavy atom. The van der Waals surface area contributed by atoms with Crippen molar-refractivity contribution in [1.29, 1.82) is 0 Å². The second kappa shape index (κ2) is 15.3. The third kappa shape index (κ3) is 9.91. The van der Waals surface area contributed by atoms with Crippen LogP contribution >= 0.6 is 0 Å². The summed E-state index contributed by atoms with van der Waals surface area (Å²) >= 11 is 0. The van der Waals surface area contributed by atoms with Gasteiger partial charge in [-0.05, 0) is 60.9 Å². The van der Waals surface area contributed by atoms with Crippen molar-refractivity contribution in [2.45, 2.75) is 45.4 Å². The van der Waals surface area contributed by atoms with Crippen LogP contribution in [0.4, 0.5) is 0 Å². The highest BCUT2D eigenvalue weighted by atomic mass is 16.5. The van der Waals surface area contributed by atoms with E-state index in [1.165, 1.54) is 37.7 Å². The van der Waals surface area contributed by atoms with Crippen molar-refractivity contribution >= 4 is 0 Å². The van der Waals surface area contributed by atoms with Crippen LogP contribution < -0.4 is 9.47 Å². The lowest BCUT2D eigenvalue weighted by atomic mass is 10.00. The quantitative estimate of drug-likeness (QED) is 0.290. The van der Waals surface area contributed by atoms with Gasteiger partial charge in [0.1, 0.15) is 24.7 Å². The molecule has 0 aromatic heterocycles. The number of unbranched alkanes of at least 4 members (excludes halogenated alkanes) is 4. The fourth-order valence-electron chi connectivity index (χ4n) is 3.17. The van der Waals surface area contributed by atoms with Crippen LogP contribution in [-0.4, -0.2) is 40.6 Å². The molecule has 4 heteroatoms. The summed E-state index contributed by atoms with van der Waals surface area (Å²) in [7, 11) is 3.35. The lowest BCUT2D eigenvalue weighted by Crippen LogP contribution is -2.05. The van der Waals surface area contributed by atoms with Gasteiger partial charge < -0.3 is 18.9 Å². The number of hydrogen-bond acceptors (Lipinski definition) is 4. The molecule has 0 fully saturated rings.